The summed E-state index contributed by atoms with van der Waals surface area (Å²) in [6.45, 7) is -0.299. The minimum absolute atomic E-state index is 0.0562. The molecule has 1 heterocycles. The number of amides is 1. The van der Waals surface area contributed by atoms with E-state index in [1.165, 1.54) is 13.5 Å². The molecule has 0 aromatic heterocycles. The molecule has 0 N–H and O–H groups in total. The normalized spacial score (nSPS) is 46.3. The van der Waals surface area contributed by atoms with E-state index in [1.807, 2.05) is 0 Å². The van der Waals surface area contributed by atoms with Crippen molar-refractivity contribution in [1.29, 1.82) is 0 Å². The summed E-state index contributed by atoms with van der Waals surface area (Å²) in [6.07, 6.45) is 4.02. The summed E-state index contributed by atoms with van der Waals surface area (Å²) in [5.74, 6) is 0.0562. The van der Waals surface area contributed by atoms with Gasteiger partial charge < -0.3 is 9.64 Å². The number of ether oxygens (including phenoxy) is 1. The summed E-state index contributed by atoms with van der Waals surface area (Å²) in [7, 11) is 1.40. The molecule has 1 aliphatic heterocycles. The third-order valence-corrected chi connectivity index (χ3v) is 4.78. The zero-order chi connectivity index (χ0) is 10.6. The first-order chi connectivity index (χ1) is 7.24. The monoisotopic (exact) mass is 213 g/mol. The molecular formula is C11H16FNO2. The molecular weight excluding hydrogens is 197 g/mol. The molecule has 1 amide bonds. The van der Waals surface area contributed by atoms with Crippen molar-refractivity contribution in [2.75, 3.05) is 13.8 Å². The number of hydrogen-bond acceptors (Lipinski definition) is 2. The smallest absolute Gasteiger partial charge is 0.410 e. The molecule has 0 aromatic rings. The van der Waals surface area contributed by atoms with Gasteiger partial charge in [0.05, 0.1) is 13.8 Å². The lowest BCUT2D eigenvalue weighted by Gasteiger charge is -2.68. The number of hydrogen-bond donors (Lipinski definition) is 0. The first kappa shape index (κ1) is 9.43. The van der Waals surface area contributed by atoms with Gasteiger partial charge in [-0.15, -0.1) is 0 Å². The van der Waals surface area contributed by atoms with Crippen LogP contribution in [-0.4, -0.2) is 36.9 Å². The number of rotatable bonds is 1. The van der Waals surface area contributed by atoms with E-state index in [-0.39, 0.29) is 30.1 Å². The van der Waals surface area contributed by atoms with E-state index in [4.69, 9.17) is 4.74 Å². The molecule has 4 heteroatoms. The fourth-order valence-corrected chi connectivity index (χ4v) is 4.05. The number of carbonyl (C=O) groups excluding carboxylic acids is 1. The Hall–Kier alpha value is -0.800. The van der Waals surface area contributed by atoms with Crippen LogP contribution < -0.4 is 0 Å². The highest BCUT2D eigenvalue weighted by Crippen LogP contribution is 2.66. The Kier molecular flexibility index (Phi) is 1.80. The second-order valence-electron chi connectivity index (χ2n) is 5.06. The maximum Gasteiger partial charge on any atom is 0.410 e. The van der Waals surface area contributed by atoms with Gasteiger partial charge in [-0.1, -0.05) is 0 Å². The molecule has 3 aliphatic rings. The predicted molar refractivity (Wildman–Crippen MR) is 52.2 cm³/mol. The van der Waals surface area contributed by atoms with Gasteiger partial charge in [-0.05, 0) is 25.7 Å². The van der Waals surface area contributed by atoms with Crippen LogP contribution in [0.5, 0.6) is 0 Å². The summed E-state index contributed by atoms with van der Waals surface area (Å²) >= 11 is 0. The van der Waals surface area contributed by atoms with Crippen LogP contribution in [0.2, 0.25) is 0 Å². The van der Waals surface area contributed by atoms with Crippen LogP contribution in [-0.2, 0) is 4.74 Å². The van der Waals surface area contributed by atoms with Crippen LogP contribution >= 0.6 is 0 Å². The summed E-state index contributed by atoms with van der Waals surface area (Å²) in [6, 6.07) is 0.486. The molecule has 0 aromatic carbocycles. The van der Waals surface area contributed by atoms with Crippen molar-refractivity contribution >= 4 is 6.09 Å². The van der Waals surface area contributed by atoms with Gasteiger partial charge in [0.15, 0.2) is 0 Å². The predicted octanol–water partition coefficient (Wildman–Crippen LogP) is 1.97. The number of carbonyl (C=O) groups is 1. The summed E-state index contributed by atoms with van der Waals surface area (Å²) in [5.41, 5.74) is 0.283. The first-order valence-corrected chi connectivity index (χ1v) is 5.67. The van der Waals surface area contributed by atoms with Gasteiger partial charge in [-0.25, -0.2) is 4.79 Å². The summed E-state index contributed by atoms with van der Waals surface area (Å²) in [5, 5.41) is 0. The highest BCUT2D eigenvalue weighted by atomic mass is 19.1. The molecule has 84 valence electrons. The van der Waals surface area contributed by atoms with E-state index in [0.717, 1.165) is 19.3 Å². The zero-order valence-electron chi connectivity index (χ0n) is 8.91. The van der Waals surface area contributed by atoms with Gasteiger partial charge in [-0.3, -0.25) is 4.39 Å². The van der Waals surface area contributed by atoms with E-state index in [1.54, 1.807) is 4.90 Å². The Morgan fingerprint density at radius 1 is 1.53 bits per heavy atom. The minimum atomic E-state index is -0.299. The van der Waals surface area contributed by atoms with Crippen molar-refractivity contribution in [3.63, 3.8) is 0 Å². The zero-order valence-corrected chi connectivity index (χ0v) is 8.91. The quantitative estimate of drug-likeness (QED) is 0.666. The molecule has 15 heavy (non-hydrogen) atoms. The second-order valence-corrected chi connectivity index (χ2v) is 5.06. The molecule has 2 aliphatic carbocycles. The van der Waals surface area contributed by atoms with E-state index in [0.29, 0.717) is 6.04 Å². The number of alkyl halides is 1. The number of likely N-dealkylation sites (tertiary alicyclic amines) is 1. The first-order valence-electron chi connectivity index (χ1n) is 5.67. The van der Waals surface area contributed by atoms with Gasteiger partial charge >= 0.3 is 6.09 Å². The van der Waals surface area contributed by atoms with Crippen molar-refractivity contribution in [3.05, 3.63) is 0 Å². The van der Waals surface area contributed by atoms with Crippen molar-refractivity contribution in [2.24, 2.45) is 11.3 Å². The van der Waals surface area contributed by atoms with E-state index < -0.39 is 0 Å². The maximum atomic E-state index is 12.8. The van der Waals surface area contributed by atoms with E-state index >= 15 is 0 Å². The third kappa shape index (κ3) is 0.887. The van der Waals surface area contributed by atoms with Gasteiger partial charge in [0.25, 0.3) is 0 Å². The lowest BCUT2D eigenvalue weighted by molar-refractivity contribution is -0.179. The Labute approximate surface area is 88.6 Å². The molecule has 2 saturated carbocycles. The molecule has 0 bridgehead atoms. The molecule has 3 fully saturated rings. The summed E-state index contributed by atoms with van der Waals surface area (Å²) in [4.78, 5) is 13.4. The second kappa shape index (κ2) is 2.86. The number of piperidine rings is 1. The number of methoxy groups -OCH3 is 1. The Morgan fingerprint density at radius 3 is 2.80 bits per heavy atom. The number of halogens is 1. The third-order valence-electron chi connectivity index (χ3n) is 4.78. The highest BCUT2D eigenvalue weighted by Gasteiger charge is 2.71. The standard InChI is InChI=1S/C11H16FNO2/c1-15-10(14)13-8-3-5-11(8)4-2-7(6-12)9(11)13/h7-9H,2-6H2,1H3. The molecule has 1 saturated heterocycles. The van der Waals surface area contributed by atoms with Gasteiger partial charge in [0.2, 0.25) is 0 Å². The Balaban J connectivity index is 1.84. The lowest BCUT2D eigenvalue weighted by Crippen LogP contribution is -2.77. The van der Waals surface area contributed by atoms with Crippen molar-refractivity contribution in [1.82, 2.24) is 4.90 Å². The molecule has 4 unspecified atom stereocenters. The fraction of sp³-hybridized carbons (Fsp3) is 0.909. The van der Waals surface area contributed by atoms with E-state index in [9.17, 15) is 9.18 Å². The van der Waals surface area contributed by atoms with Crippen molar-refractivity contribution < 1.29 is 13.9 Å². The number of nitrogens with zero attached hydrogens (tertiary/aromatic N) is 1. The average molecular weight is 213 g/mol. The Bertz CT molecular complexity index is 309. The van der Waals surface area contributed by atoms with Crippen LogP contribution in [0.15, 0.2) is 0 Å². The average Bonchev–Trinajstić information content (AvgIpc) is 2.61. The molecule has 3 rings (SSSR count). The molecule has 0 radical (unpaired) electrons. The molecule has 3 nitrogen and oxygen atoms in total. The molecule has 1 spiro atoms. The van der Waals surface area contributed by atoms with Gasteiger partial charge in [0, 0.05) is 23.4 Å². The Morgan fingerprint density at radius 2 is 2.27 bits per heavy atom. The molecule has 4 atom stereocenters. The van der Waals surface area contributed by atoms with Gasteiger partial charge in [-0.2, -0.15) is 0 Å². The van der Waals surface area contributed by atoms with Crippen LogP contribution in [0.25, 0.3) is 0 Å². The minimum Gasteiger partial charge on any atom is -0.453 e. The topological polar surface area (TPSA) is 29.5 Å². The van der Waals surface area contributed by atoms with Gasteiger partial charge in [0.1, 0.15) is 0 Å². The van der Waals surface area contributed by atoms with Crippen molar-refractivity contribution in [3.8, 4) is 0 Å². The SMILES string of the molecule is COC(=O)N1C2CCC23CCC(CF)C13. The largest absolute Gasteiger partial charge is 0.453 e. The van der Waals surface area contributed by atoms with Crippen LogP contribution in [0.1, 0.15) is 25.7 Å². The lowest BCUT2D eigenvalue weighted by atomic mass is 9.53. The van der Waals surface area contributed by atoms with E-state index in [2.05, 4.69) is 0 Å². The van der Waals surface area contributed by atoms with Crippen LogP contribution in [0.4, 0.5) is 9.18 Å². The maximum absolute atomic E-state index is 12.8. The fourth-order valence-electron chi connectivity index (χ4n) is 4.05. The van der Waals surface area contributed by atoms with Crippen molar-refractivity contribution in [2.45, 2.75) is 37.8 Å². The highest BCUT2D eigenvalue weighted by molar-refractivity contribution is 5.71. The summed E-state index contributed by atoms with van der Waals surface area (Å²) < 4.78 is 17.6. The van der Waals surface area contributed by atoms with Crippen LogP contribution in [0, 0.1) is 11.3 Å². The van der Waals surface area contributed by atoms with Crippen LogP contribution in [0.3, 0.4) is 0 Å².